The predicted octanol–water partition coefficient (Wildman–Crippen LogP) is 4.18. The van der Waals surface area contributed by atoms with Crippen molar-refractivity contribution in [2.24, 2.45) is 5.92 Å². The molecule has 0 saturated carbocycles. The molecule has 2 atom stereocenters. The van der Waals surface area contributed by atoms with Crippen molar-refractivity contribution in [3.63, 3.8) is 0 Å². The van der Waals surface area contributed by atoms with Crippen LogP contribution in [0.15, 0.2) is 35.4 Å². The lowest BCUT2D eigenvalue weighted by molar-refractivity contribution is -0.119. The quantitative estimate of drug-likeness (QED) is 0.684. The van der Waals surface area contributed by atoms with Gasteiger partial charge in [-0.3, -0.25) is 14.2 Å². The van der Waals surface area contributed by atoms with Gasteiger partial charge in [0, 0.05) is 4.88 Å². The molecule has 0 aliphatic heterocycles. The van der Waals surface area contributed by atoms with Gasteiger partial charge >= 0.3 is 0 Å². The molecule has 7 heteroatoms. The Bertz CT molecular complexity index is 1120. The molecule has 29 heavy (non-hydrogen) atoms. The summed E-state index contributed by atoms with van der Waals surface area (Å²) in [5.74, 6) is 0.962. The zero-order valence-electron chi connectivity index (χ0n) is 16.9. The number of fused-ring (bicyclic) bond motifs is 3. The average Bonchev–Trinajstić information content (AvgIpc) is 3.08. The van der Waals surface area contributed by atoms with E-state index in [0.717, 1.165) is 29.7 Å². The third kappa shape index (κ3) is 3.55. The van der Waals surface area contributed by atoms with Crippen LogP contribution in [0, 0.1) is 5.92 Å². The highest BCUT2D eigenvalue weighted by Gasteiger charge is 2.26. The Balaban J connectivity index is 1.71. The summed E-state index contributed by atoms with van der Waals surface area (Å²) in [4.78, 5) is 33.0. The summed E-state index contributed by atoms with van der Waals surface area (Å²) in [5.41, 5.74) is 1.60. The second-order valence-electron chi connectivity index (χ2n) is 7.60. The maximum atomic E-state index is 13.3. The molecule has 0 bridgehead atoms. The van der Waals surface area contributed by atoms with Crippen molar-refractivity contribution in [3.8, 4) is 5.75 Å². The molecule has 4 rings (SSSR count). The molecule has 1 amide bonds. The first-order chi connectivity index (χ1) is 14.0. The Morgan fingerprint density at radius 3 is 2.97 bits per heavy atom. The van der Waals surface area contributed by atoms with Gasteiger partial charge in [0.15, 0.2) is 0 Å². The second-order valence-corrected chi connectivity index (χ2v) is 8.69. The van der Waals surface area contributed by atoms with Crippen LogP contribution in [-0.4, -0.2) is 22.6 Å². The van der Waals surface area contributed by atoms with Gasteiger partial charge in [-0.05, 0) is 49.3 Å². The van der Waals surface area contributed by atoms with E-state index < -0.39 is 6.04 Å². The van der Waals surface area contributed by atoms with Crippen LogP contribution in [0.5, 0.6) is 5.75 Å². The minimum absolute atomic E-state index is 0.121. The number of hydrogen-bond acceptors (Lipinski definition) is 5. The number of hydrogen-bond donors (Lipinski definition) is 1. The van der Waals surface area contributed by atoms with E-state index in [1.807, 2.05) is 19.1 Å². The second kappa shape index (κ2) is 7.99. The van der Waals surface area contributed by atoms with Crippen LogP contribution in [0.4, 0.5) is 5.69 Å². The number of nitrogens with zero attached hydrogens (tertiary/aromatic N) is 2. The Hall–Kier alpha value is -2.67. The van der Waals surface area contributed by atoms with E-state index in [0.29, 0.717) is 29.2 Å². The summed E-state index contributed by atoms with van der Waals surface area (Å²) in [6.07, 6.45) is 4.99. The summed E-state index contributed by atoms with van der Waals surface area (Å²) < 4.78 is 6.80. The van der Waals surface area contributed by atoms with Crippen molar-refractivity contribution in [3.05, 3.63) is 51.4 Å². The van der Waals surface area contributed by atoms with E-state index >= 15 is 0 Å². The van der Waals surface area contributed by atoms with Crippen molar-refractivity contribution < 1.29 is 9.53 Å². The maximum absolute atomic E-state index is 13.3. The lowest BCUT2D eigenvalue weighted by Gasteiger charge is -2.19. The Kier molecular flexibility index (Phi) is 5.41. The molecule has 0 saturated heterocycles. The summed E-state index contributed by atoms with van der Waals surface area (Å²) >= 11 is 1.62. The first-order valence-corrected chi connectivity index (χ1v) is 10.8. The zero-order valence-corrected chi connectivity index (χ0v) is 17.7. The maximum Gasteiger partial charge on any atom is 0.263 e. The number of methoxy groups -OCH3 is 1. The van der Waals surface area contributed by atoms with Gasteiger partial charge in [0.25, 0.3) is 5.56 Å². The highest BCUT2D eigenvalue weighted by atomic mass is 32.1. The molecule has 2 aromatic heterocycles. The van der Waals surface area contributed by atoms with Crippen LogP contribution < -0.4 is 15.6 Å². The van der Waals surface area contributed by atoms with Crippen LogP contribution in [-0.2, 0) is 17.6 Å². The molecule has 6 nitrogen and oxygen atoms in total. The summed E-state index contributed by atoms with van der Waals surface area (Å²) in [6.45, 7) is 4.14. The first kappa shape index (κ1) is 19.6. The van der Waals surface area contributed by atoms with Crippen molar-refractivity contribution in [1.29, 1.82) is 0 Å². The van der Waals surface area contributed by atoms with Crippen LogP contribution in [0.1, 0.15) is 43.2 Å². The largest absolute Gasteiger partial charge is 0.495 e. The van der Waals surface area contributed by atoms with E-state index in [9.17, 15) is 9.59 Å². The van der Waals surface area contributed by atoms with Crippen molar-refractivity contribution in [2.75, 3.05) is 12.4 Å². The van der Waals surface area contributed by atoms with E-state index in [4.69, 9.17) is 4.74 Å². The minimum atomic E-state index is -0.637. The van der Waals surface area contributed by atoms with Crippen LogP contribution in [0.25, 0.3) is 10.2 Å². The fraction of sp³-hybridized carbons (Fsp3) is 0.409. The third-order valence-corrected chi connectivity index (χ3v) is 6.79. The number of aromatic nitrogens is 2. The number of thiophene rings is 1. The van der Waals surface area contributed by atoms with E-state index in [1.54, 1.807) is 30.6 Å². The van der Waals surface area contributed by atoms with Crippen LogP contribution in [0.2, 0.25) is 0 Å². The molecule has 0 spiro atoms. The van der Waals surface area contributed by atoms with Gasteiger partial charge in [-0.1, -0.05) is 26.0 Å². The van der Waals surface area contributed by atoms with Gasteiger partial charge in [-0.2, -0.15) is 0 Å². The number of nitrogens with one attached hydrogen (secondary N) is 1. The minimum Gasteiger partial charge on any atom is -0.495 e. The molecule has 152 valence electrons. The number of anilines is 1. The number of ether oxygens (including phenoxy) is 1. The average molecular weight is 412 g/mol. The SMILES string of the molecule is CCC(C(=O)Nc1ccccc1OC)n1cnc2sc3c(c2c1=O)CCC(C)C3. The predicted molar refractivity (Wildman–Crippen MR) is 116 cm³/mol. The fourth-order valence-electron chi connectivity index (χ4n) is 4.04. The molecule has 0 fully saturated rings. The summed E-state index contributed by atoms with van der Waals surface area (Å²) in [7, 11) is 1.56. The Morgan fingerprint density at radius 2 is 2.21 bits per heavy atom. The molecule has 1 aliphatic rings. The van der Waals surface area contributed by atoms with E-state index in [-0.39, 0.29) is 11.5 Å². The molecule has 2 unspecified atom stereocenters. The van der Waals surface area contributed by atoms with Crippen molar-refractivity contribution >= 4 is 33.1 Å². The summed E-state index contributed by atoms with van der Waals surface area (Å²) in [5, 5.41) is 3.60. The zero-order chi connectivity index (χ0) is 20.5. The molecule has 3 aromatic rings. The molecule has 1 aromatic carbocycles. The Morgan fingerprint density at radius 1 is 1.41 bits per heavy atom. The van der Waals surface area contributed by atoms with Crippen LogP contribution >= 0.6 is 11.3 Å². The summed E-state index contributed by atoms with van der Waals surface area (Å²) in [6, 6.07) is 6.60. The van der Waals surface area contributed by atoms with Crippen LogP contribution in [0.3, 0.4) is 0 Å². The molecule has 1 aliphatic carbocycles. The van der Waals surface area contributed by atoms with E-state index in [1.165, 1.54) is 15.8 Å². The van der Waals surface area contributed by atoms with Gasteiger partial charge in [0.2, 0.25) is 5.91 Å². The number of carbonyl (C=O) groups is 1. The highest BCUT2D eigenvalue weighted by Crippen LogP contribution is 2.35. The normalized spacial score (nSPS) is 17.0. The topological polar surface area (TPSA) is 73.2 Å². The first-order valence-electron chi connectivity index (χ1n) is 9.98. The number of benzene rings is 1. The fourth-order valence-corrected chi connectivity index (χ4v) is 5.38. The van der Waals surface area contributed by atoms with Gasteiger partial charge < -0.3 is 10.1 Å². The molecule has 1 N–H and O–H groups in total. The number of rotatable bonds is 5. The number of aryl methyl sites for hydroxylation is 1. The van der Waals surface area contributed by atoms with Gasteiger partial charge in [-0.15, -0.1) is 11.3 Å². The number of carbonyl (C=O) groups excluding carboxylic acids is 1. The van der Waals surface area contributed by atoms with Crippen molar-refractivity contribution in [1.82, 2.24) is 9.55 Å². The third-order valence-electron chi connectivity index (χ3n) is 5.63. The highest BCUT2D eigenvalue weighted by molar-refractivity contribution is 7.18. The Labute approximate surface area is 173 Å². The van der Waals surface area contributed by atoms with Gasteiger partial charge in [-0.25, -0.2) is 4.98 Å². The number of amides is 1. The van der Waals surface area contributed by atoms with Gasteiger partial charge in [0.1, 0.15) is 16.6 Å². The number of para-hydroxylation sites is 2. The lowest BCUT2D eigenvalue weighted by Crippen LogP contribution is -2.33. The molecular formula is C22H25N3O3S. The lowest BCUT2D eigenvalue weighted by atomic mass is 9.89. The van der Waals surface area contributed by atoms with Gasteiger partial charge in [0.05, 0.1) is 24.5 Å². The smallest absolute Gasteiger partial charge is 0.263 e. The van der Waals surface area contributed by atoms with E-state index in [2.05, 4.69) is 17.2 Å². The molecule has 0 radical (unpaired) electrons. The monoisotopic (exact) mass is 411 g/mol. The molecular weight excluding hydrogens is 386 g/mol. The molecule has 2 heterocycles. The standard InChI is InChI=1S/C22H25N3O3S/c1-4-16(20(26)24-15-7-5-6-8-17(15)28-3)25-12-23-21-19(22(25)27)14-10-9-13(2)11-18(14)29-21/h5-8,12-13,16H,4,9-11H2,1-3H3,(H,24,26). The van der Waals surface area contributed by atoms with Crippen molar-refractivity contribution in [2.45, 2.75) is 45.6 Å².